The van der Waals surface area contributed by atoms with Crippen molar-refractivity contribution in [1.29, 1.82) is 0 Å². The van der Waals surface area contributed by atoms with Crippen LogP contribution in [-0.2, 0) is 18.4 Å². The molecule has 1 aromatic heterocycles. The van der Waals surface area contributed by atoms with Crippen molar-refractivity contribution in [3.8, 4) is 0 Å². The van der Waals surface area contributed by atoms with Gasteiger partial charge in [-0.3, -0.25) is 4.79 Å². The van der Waals surface area contributed by atoms with E-state index in [1.165, 1.54) is 0 Å². The Morgan fingerprint density at radius 1 is 1.59 bits per heavy atom. The Kier molecular flexibility index (Phi) is 2.63. The van der Waals surface area contributed by atoms with Gasteiger partial charge in [0.1, 0.15) is 5.82 Å². The van der Waals surface area contributed by atoms with Crippen LogP contribution in [0.4, 0.5) is 0 Å². The molecule has 0 bridgehead atoms. The molecule has 1 N–H and O–H groups in total. The van der Waals surface area contributed by atoms with Gasteiger partial charge in [0.2, 0.25) is 5.91 Å². The Morgan fingerprint density at radius 3 is 3.24 bits per heavy atom. The maximum atomic E-state index is 11.8. The largest absolute Gasteiger partial charge is 0.338 e. The molecule has 2 saturated heterocycles. The first-order valence-corrected chi connectivity index (χ1v) is 6.25. The SMILES string of the molecule is Cn1ccnc1CNC1CC(=O)N2CCCC12. The molecule has 5 nitrogen and oxygen atoms in total. The summed E-state index contributed by atoms with van der Waals surface area (Å²) in [6, 6.07) is 0.726. The third kappa shape index (κ3) is 1.84. The van der Waals surface area contributed by atoms with Gasteiger partial charge in [-0.05, 0) is 12.8 Å². The first-order valence-electron chi connectivity index (χ1n) is 6.25. The highest BCUT2D eigenvalue weighted by molar-refractivity contribution is 5.80. The van der Waals surface area contributed by atoms with Crippen LogP contribution in [0.2, 0.25) is 0 Å². The third-order valence-electron chi connectivity index (χ3n) is 3.92. The number of nitrogens with one attached hydrogen (secondary N) is 1. The van der Waals surface area contributed by atoms with E-state index >= 15 is 0 Å². The molecule has 0 saturated carbocycles. The second-order valence-electron chi connectivity index (χ2n) is 4.94. The number of aromatic nitrogens is 2. The molecule has 1 aromatic rings. The molecular weight excluding hydrogens is 216 g/mol. The lowest BCUT2D eigenvalue weighted by Crippen LogP contribution is -2.39. The molecule has 2 aliphatic heterocycles. The van der Waals surface area contributed by atoms with Crippen molar-refractivity contribution in [3.05, 3.63) is 18.2 Å². The Labute approximate surface area is 101 Å². The molecule has 5 heteroatoms. The van der Waals surface area contributed by atoms with Gasteiger partial charge in [0, 0.05) is 44.5 Å². The van der Waals surface area contributed by atoms with Crippen molar-refractivity contribution in [1.82, 2.24) is 19.8 Å². The molecule has 17 heavy (non-hydrogen) atoms. The minimum absolute atomic E-state index is 0.307. The van der Waals surface area contributed by atoms with E-state index in [1.54, 1.807) is 6.20 Å². The number of amides is 1. The molecule has 3 rings (SSSR count). The van der Waals surface area contributed by atoms with Crippen molar-refractivity contribution in [2.75, 3.05) is 6.54 Å². The Morgan fingerprint density at radius 2 is 2.47 bits per heavy atom. The number of imidazole rings is 1. The molecule has 1 amide bonds. The highest BCUT2D eigenvalue weighted by Crippen LogP contribution is 2.29. The van der Waals surface area contributed by atoms with Crippen LogP contribution in [0.25, 0.3) is 0 Å². The molecule has 0 aliphatic carbocycles. The van der Waals surface area contributed by atoms with Crippen LogP contribution in [0.3, 0.4) is 0 Å². The van der Waals surface area contributed by atoms with Crippen LogP contribution in [0.1, 0.15) is 25.1 Å². The fraction of sp³-hybridized carbons (Fsp3) is 0.667. The lowest BCUT2D eigenvalue weighted by Gasteiger charge is -2.20. The van der Waals surface area contributed by atoms with Crippen LogP contribution in [-0.4, -0.2) is 39.0 Å². The molecule has 3 heterocycles. The van der Waals surface area contributed by atoms with E-state index < -0.39 is 0 Å². The van der Waals surface area contributed by atoms with E-state index in [9.17, 15) is 4.79 Å². The quantitative estimate of drug-likeness (QED) is 0.817. The number of carbonyl (C=O) groups excluding carboxylic acids is 1. The fourth-order valence-corrected chi connectivity index (χ4v) is 2.96. The van der Waals surface area contributed by atoms with Gasteiger partial charge in [-0.25, -0.2) is 4.98 Å². The van der Waals surface area contributed by atoms with Crippen molar-refractivity contribution >= 4 is 5.91 Å². The molecule has 0 radical (unpaired) electrons. The number of hydrogen-bond acceptors (Lipinski definition) is 3. The maximum absolute atomic E-state index is 11.8. The number of carbonyl (C=O) groups is 1. The summed E-state index contributed by atoms with van der Waals surface area (Å²) in [5.41, 5.74) is 0. The lowest BCUT2D eigenvalue weighted by atomic mass is 10.1. The van der Waals surface area contributed by atoms with Gasteiger partial charge in [0.15, 0.2) is 0 Å². The van der Waals surface area contributed by atoms with Crippen LogP contribution in [0.15, 0.2) is 12.4 Å². The third-order valence-corrected chi connectivity index (χ3v) is 3.92. The Hall–Kier alpha value is -1.36. The summed E-state index contributed by atoms with van der Waals surface area (Å²) < 4.78 is 2.01. The predicted molar refractivity (Wildman–Crippen MR) is 63.2 cm³/mol. The molecular formula is C12H18N4O. The van der Waals surface area contributed by atoms with E-state index in [0.29, 0.717) is 24.4 Å². The van der Waals surface area contributed by atoms with E-state index in [0.717, 1.165) is 31.8 Å². The molecule has 92 valence electrons. The number of aryl methyl sites for hydroxylation is 1. The Balaban J connectivity index is 1.63. The summed E-state index contributed by atoms with van der Waals surface area (Å²) in [4.78, 5) is 18.1. The molecule has 0 spiro atoms. The standard InChI is InChI=1S/C12H18N4O/c1-15-6-4-13-11(15)8-14-9-7-12(17)16-5-2-3-10(9)16/h4,6,9-10,14H,2-3,5,7-8H2,1H3. The van der Waals surface area contributed by atoms with Gasteiger partial charge >= 0.3 is 0 Å². The summed E-state index contributed by atoms with van der Waals surface area (Å²) in [7, 11) is 1.99. The number of hydrogen-bond donors (Lipinski definition) is 1. The van der Waals surface area contributed by atoms with Gasteiger partial charge < -0.3 is 14.8 Å². The number of fused-ring (bicyclic) bond motifs is 1. The van der Waals surface area contributed by atoms with Crippen molar-refractivity contribution in [2.45, 2.75) is 37.9 Å². The highest BCUT2D eigenvalue weighted by Gasteiger charge is 2.41. The smallest absolute Gasteiger partial charge is 0.224 e. The second-order valence-corrected chi connectivity index (χ2v) is 4.94. The molecule has 2 atom stereocenters. The van der Waals surface area contributed by atoms with E-state index in [1.807, 2.05) is 22.7 Å². The van der Waals surface area contributed by atoms with E-state index in [-0.39, 0.29) is 0 Å². The number of rotatable bonds is 3. The summed E-state index contributed by atoms with van der Waals surface area (Å²) in [5.74, 6) is 1.33. The van der Waals surface area contributed by atoms with E-state index in [4.69, 9.17) is 0 Å². The zero-order valence-corrected chi connectivity index (χ0v) is 10.1. The summed E-state index contributed by atoms with van der Waals surface area (Å²) >= 11 is 0. The summed E-state index contributed by atoms with van der Waals surface area (Å²) in [6.45, 7) is 1.69. The average molecular weight is 234 g/mol. The van der Waals surface area contributed by atoms with Crippen molar-refractivity contribution < 1.29 is 4.79 Å². The first kappa shape index (κ1) is 10.8. The minimum atomic E-state index is 0.307. The summed E-state index contributed by atoms with van der Waals surface area (Å²) in [6.07, 6.45) is 6.69. The predicted octanol–water partition coefficient (Wildman–Crippen LogP) is 0.273. The topological polar surface area (TPSA) is 50.2 Å². The molecule has 0 aromatic carbocycles. The summed E-state index contributed by atoms with van der Waals surface area (Å²) in [5, 5.41) is 3.48. The van der Waals surface area contributed by atoms with Crippen LogP contribution < -0.4 is 5.32 Å². The monoisotopic (exact) mass is 234 g/mol. The highest BCUT2D eigenvalue weighted by atomic mass is 16.2. The second kappa shape index (κ2) is 4.14. The first-order chi connectivity index (χ1) is 8.25. The molecule has 2 unspecified atom stereocenters. The van der Waals surface area contributed by atoms with Gasteiger partial charge in [0.05, 0.1) is 6.54 Å². The lowest BCUT2D eigenvalue weighted by molar-refractivity contribution is -0.127. The van der Waals surface area contributed by atoms with Crippen molar-refractivity contribution in [3.63, 3.8) is 0 Å². The van der Waals surface area contributed by atoms with Crippen LogP contribution in [0, 0.1) is 0 Å². The van der Waals surface area contributed by atoms with Crippen LogP contribution >= 0.6 is 0 Å². The minimum Gasteiger partial charge on any atom is -0.338 e. The normalized spacial score (nSPS) is 27.8. The van der Waals surface area contributed by atoms with Gasteiger partial charge in [0.25, 0.3) is 0 Å². The van der Waals surface area contributed by atoms with Crippen LogP contribution in [0.5, 0.6) is 0 Å². The molecule has 2 aliphatic rings. The number of nitrogens with zero attached hydrogens (tertiary/aromatic N) is 3. The molecule has 2 fully saturated rings. The maximum Gasteiger partial charge on any atom is 0.224 e. The van der Waals surface area contributed by atoms with Crippen molar-refractivity contribution in [2.24, 2.45) is 7.05 Å². The van der Waals surface area contributed by atoms with Gasteiger partial charge in [-0.2, -0.15) is 0 Å². The fourth-order valence-electron chi connectivity index (χ4n) is 2.96. The average Bonchev–Trinajstić information content (AvgIpc) is 2.96. The zero-order chi connectivity index (χ0) is 11.8. The Bertz CT molecular complexity index is 428. The van der Waals surface area contributed by atoms with E-state index in [2.05, 4.69) is 10.3 Å². The van der Waals surface area contributed by atoms with Gasteiger partial charge in [-0.1, -0.05) is 0 Å². The zero-order valence-electron chi connectivity index (χ0n) is 10.1. The van der Waals surface area contributed by atoms with Gasteiger partial charge in [-0.15, -0.1) is 0 Å².